The van der Waals surface area contributed by atoms with Crippen LogP contribution in [0.1, 0.15) is 34.2 Å². The lowest BCUT2D eigenvalue weighted by Gasteiger charge is -2.17. The van der Waals surface area contributed by atoms with Crippen molar-refractivity contribution in [3.8, 4) is 17.0 Å². The van der Waals surface area contributed by atoms with E-state index < -0.39 is 12.9 Å². The second-order valence-corrected chi connectivity index (χ2v) is 7.40. The van der Waals surface area contributed by atoms with Crippen molar-refractivity contribution in [2.75, 3.05) is 24.7 Å². The van der Waals surface area contributed by atoms with E-state index in [1.165, 1.54) is 19.4 Å². The van der Waals surface area contributed by atoms with Gasteiger partial charge in [-0.3, -0.25) is 14.3 Å². The lowest BCUT2D eigenvalue weighted by molar-refractivity contribution is -0.117. The van der Waals surface area contributed by atoms with E-state index in [1.807, 2.05) is 36.6 Å². The van der Waals surface area contributed by atoms with Crippen LogP contribution in [-0.4, -0.2) is 40.7 Å². The van der Waals surface area contributed by atoms with Crippen molar-refractivity contribution in [1.82, 2.24) is 20.1 Å². The second kappa shape index (κ2) is 9.09. The zero-order valence-electron chi connectivity index (χ0n) is 20.8. The summed E-state index contributed by atoms with van der Waals surface area (Å²) in [5, 5.41) is 12.4. The summed E-state index contributed by atoms with van der Waals surface area (Å²) in [7, 11) is 1.52. The van der Waals surface area contributed by atoms with Crippen LogP contribution in [0.25, 0.3) is 11.3 Å². The van der Waals surface area contributed by atoms with E-state index in [0.29, 0.717) is 23.7 Å². The van der Waals surface area contributed by atoms with Gasteiger partial charge in [-0.15, -0.1) is 0 Å². The fourth-order valence-corrected chi connectivity index (χ4v) is 3.33. The van der Waals surface area contributed by atoms with Gasteiger partial charge in [0.15, 0.2) is 5.75 Å². The molecule has 1 saturated carbocycles. The number of para-hydroxylation sites is 1. The Morgan fingerprint density at radius 2 is 2.12 bits per heavy atom. The number of nitrogens with zero attached hydrogens (tertiary/aromatic N) is 3. The highest BCUT2D eigenvalue weighted by atomic mass is 16.5. The number of carbonyl (C=O) groups excluding carboxylic acids is 2. The Hall–Kier alpha value is -3.88. The molecule has 0 bridgehead atoms. The van der Waals surface area contributed by atoms with Crippen LogP contribution in [0.2, 0.25) is 0 Å². The highest BCUT2D eigenvalue weighted by Crippen LogP contribution is 2.38. The van der Waals surface area contributed by atoms with Crippen molar-refractivity contribution in [3.63, 3.8) is 0 Å². The smallest absolute Gasteiger partial charge is 0.254 e. The number of aromatic nitrogens is 3. The number of aryl methyl sites for hydroxylation is 1. The van der Waals surface area contributed by atoms with Crippen LogP contribution in [0.3, 0.4) is 0 Å². The number of amides is 2. The molecule has 3 N–H and O–H groups in total. The second-order valence-electron chi connectivity index (χ2n) is 7.40. The third-order valence-corrected chi connectivity index (χ3v) is 5.19. The SMILES string of the molecule is [2H]C([2H])([2H])NC(=O)c1cnc(NC(=O)C2CC2)cc1Nc1cccc(-c2ccn(CC)n2)c1OC. The Bertz CT molecular complexity index is 1250. The predicted molar refractivity (Wildman–Crippen MR) is 122 cm³/mol. The van der Waals surface area contributed by atoms with Crippen LogP contribution >= 0.6 is 0 Å². The summed E-state index contributed by atoms with van der Waals surface area (Å²) in [4.78, 5) is 29.1. The molecule has 2 amide bonds. The summed E-state index contributed by atoms with van der Waals surface area (Å²) < 4.78 is 29.6. The van der Waals surface area contributed by atoms with Gasteiger partial charge in [0.25, 0.3) is 5.91 Å². The van der Waals surface area contributed by atoms with E-state index in [2.05, 4.69) is 20.7 Å². The van der Waals surface area contributed by atoms with Gasteiger partial charge in [-0.05, 0) is 38.0 Å². The van der Waals surface area contributed by atoms with Gasteiger partial charge in [-0.25, -0.2) is 4.98 Å². The molecule has 32 heavy (non-hydrogen) atoms. The van der Waals surface area contributed by atoms with E-state index in [9.17, 15) is 9.59 Å². The van der Waals surface area contributed by atoms with Gasteiger partial charge < -0.3 is 20.7 Å². The molecular formula is C23H26N6O3. The Morgan fingerprint density at radius 1 is 1.28 bits per heavy atom. The molecular weight excluding hydrogens is 408 g/mol. The number of benzene rings is 1. The molecule has 1 fully saturated rings. The summed E-state index contributed by atoms with van der Waals surface area (Å²) in [6.45, 7) is 0.0262. The van der Waals surface area contributed by atoms with Crippen molar-refractivity contribution in [2.24, 2.45) is 5.92 Å². The highest BCUT2D eigenvalue weighted by Gasteiger charge is 2.30. The van der Waals surface area contributed by atoms with Crippen molar-refractivity contribution in [2.45, 2.75) is 26.3 Å². The number of hydrogen-bond acceptors (Lipinski definition) is 6. The monoisotopic (exact) mass is 437 g/mol. The summed E-state index contributed by atoms with van der Waals surface area (Å²) in [5.74, 6) is -0.291. The first-order chi connectivity index (χ1) is 16.7. The standard InChI is InChI=1S/C23H26N6O3/c1-4-29-11-10-17(28-29)15-6-5-7-18(21(15)32-3)26-19-12-20(27-22(30)14-8-9-14)25-13-16(19)23(31)24-2/h5-7,10-14H,4,8-9H2,1-3H3,(H,24,31)(H2,25,26,27,30)/i2D3. The van der Waals surface area contributed by atoms with Gasteiger partial charge in [0.2, 0.25) is 5.91 Å². The largest absolute Gasteiger partial charge is 0.494 e. The van der Waals surface area contributed by atoms with Crippen molar-refractivity contribution < 1.29 is 18.4 Å². The van der Waals surface area contributed by atoms with Crippen LogP contribution in [0.5, 0.6) is 5.75 Å². The van der Waals surface area contributed by atoms with Crippen LogP contribution in [0.15, 0.2) is 42.7 Å². The van der Waals surface area contributed by atoms with E-state index in [4.69, 9.17) is 8.85 Å². The number of carbonyl (C=O) groups is 2. The van der Waals surface area contributed by atoms with Gasteiger partial charge in [0.1, 0.15) is 5.82 Å². The first-order valence-electron chi connectivity index (χ1n) is 11.8. The van der Waals surface area contributed by atoms with Gasteiger partial charge >= 0.3 is 0 Å². The molecule has 2 aromatic heterocycles. The Kier molecular flexibility index (Phi) is 5.05. The molecule has 0 aliphatic heterocycles. The molecule has 0 atom stereocenters. The maximum absolute atomic E-state index is 12.7. The van der Waals surface area contributed by atoms with E-state index in [-0.39, 0.29) is 28.9 Å². The molecule has 0 unspecified atom stereocenters. The molecule has 166 valence electrons. The van der Waals surface area contributed by atoms with E-state index in [1.54, 1.807) is 10.7 Å². The molecule has 9 nitrogen and oxygen atoms in total. The normalized spacial score (nSPS) is 14.6. The third kappa shape index (κ3) is 4.41. The lowest BCUT2D eigenvalue weighted by Crippen LogP contribution is -2.20. The minimum atomic E-state index is -2.68. The maximum Gasteiger partial charge on any atom is 0.254 e. The molecule has 0 spiro atoms. The fraction of sp³-hybridized carbons (Fsp3) is 0.304. The van der Waals surface area contributed by atoms with E-state index >= 15 is 0 Å². The molecule has 1 aliphatic rings. The molecule has 1 aromatic carbocycles. The number of rotatable bonds is 8. The van der Waals surface area contributed by atoms with Gasteiger partial charge in [-0.2, -0.15) is 5.10 Å². The number of ether oxygens (including phenoxy) is 1. The number of pyridine rings is 1. The first kappa shape index (κ1) is 17.8. The number of hydrogen-bond donors (Lipinski definition) is 3. The van der Waals surface area contributed by atoms with Gasteiger partial charge in [0.05, 0.1) is 29.7 Å². The molecule has 2 heterocycles. The summed E-state index contributed by atoms with van der Waals surface area (Å²) in [6.07, 6.45) is 4.75. The third-order valence-electron chi connectivity index (χ3n) is 5.19. The van der Waals surface area contributed by atoms with Gasteiger partial charge in [-0.1, -0.05) is 6.07 Å². The summed E-state index contributed by atoms with van der Waals surface area (Å²) in [5.41, 5.74) is 2.20. The Morgan fingerprint density at radius 3 is 2.81 bits per heavy atom. The lowest BCUT2D eigenvalue weighted by atomic mass is 10.1. The summed E-state index contributed by atoms with van der Waals surface area (Å²) in [6, 6.07) is 8.80. The molecule has 3 aromatic rings. The quantitative estimate of drug-likeness (QED) is 0.498. The topological polar surface area (TPSA) is 110 Å². The van der Waals surface area contributed by atoms with Crippen LogP contribution in [0, 0.1) is 5.92 Å². The predicted octanol–water partition coefficient (Wildman–Crippen LogP) is 3.43. The molecule has 0 saturated heterocycles. The fourth-order valence-electron chi connectivity index (χ4n) is 3.33. The highest BCUT2D eigenvalue weighted by molar-refractivity contribution is 6.01. The van der Waals surface area contributed by atoms with Crippen molar-refractivity contribution in [1.29, 1.82) is 0 Å². The molecule has 4 rings (SSSR count). The Balaban J connectivity index is 1.72. The first-order valence-corrected chi connectivity index (χ1v) is 10.3. The minimum absolute atomic E-state index is 0.00624. The average molecular weight is 438 g/mol. The van der Waals surface area contributed by atoms with Crippen molar-refractivity contribution in [3.05, 3.63) is 48.3 Å². The zero-order chi connectivity index (χ0) is 25.2. The van der Waals surface area contributed by atoms with Crippen LogP contribution in [-0.2, 0) is 11.3 Å². The molecule has 1 aliphatic carbocycles. The van der Waals surface area contributed by atoms with Crippen LogP contribution in [0.4, 0.5) is 17.2 Å². The van der Waals surface area contributed by atoms with Gasteiger partial charge in [0, 0.05) is 47.6 Å². The maximum atomic E-state index is 12.7. The number of methoxy groups -OCH3 is 1. The number of nitrogens with one attached hydrogen (secondary N) is 3. The van der Waals surface area contributed by atoms with Crippen LogP contribution < -0.4 is 20.7 Å². The molecule has 0 radical (unpaired) electrons. The Labute approximate surface area is 190 Å². The summed E-state index contributed by atoms with van der Waals surface area (Å²) >= 11 is 0. The number of anilines is 3. The average Bonchev–Trinajstić information content (AvgIpc) is 3.55. The zero-order valence-corrected chi connectivity index (χ0v) is 17.8. The molecule has 9 heteroatoms. The van der Waals surface area contributed by atoms with E-state index in [0.717, 1.165) is 18.4 Å². The van der Waals surface area contributed by atoms with Crippen molar-refractivity contribution >= 4 is 29.0 Å². The minimum Gasteiger partial charge on any atom is -0.494 e.